The van der Waals surface area contributed by atoms with Crippen LogP contribution in [-0.2, 0) is 19.6 Å². The molecule has 29 heavy (non-hydrogen) atoms. The van der Waals surface area contributed by atoms with Crippen LogP contribution in [0.4, 0.5) is 5.69 Å². The number of nitrogens with one attached hydrogen (secondary N) is 1. The number of nitriles is 1. The number of ether oxygens (including phenoxy) is 2. The maximum Gasteiger partial charge on any atom is 0.262 e. The molecule has 0 unspecified atom stereocenters. The molecule has 3 rings (SSSR count). The molecule has 1 fully saturated rings. The molecule has 0 bridgehead atoms. The molecule has 2 aromatic carbocycles. The molecule has 0 spiro atoms. The lowest BCUT2D eigenvalue weighted by atomic mass is 10.2. The third-order valence-electron chi connectivity index (χ3n) is 4.39. The standard InChI is InChI=1S/C20H21N3O5S/c1-15-11-18(29(25,26)23-7-9-27-10-8-23)5-6-19(15)28-14-20(24)22-17-4-2-3-16(12-17)13-21/h2-6,11-12H,7-10,14H2,1H3,(H,22,24). The number of carbonyl (C=O) groups is 1. The van der Waals surface area contributed by atoms with Gasteiger partial charge in [-0.15, -0.1) is 0 Å². The molecule has 0 radical (unpaired) electrons. The van der Waals surface area contributed by atoms with Gasteiger partial charge in [-0.3, -0.25) is 4.79 Å². The van der Waals surface area contributed by atoms with Crippen LogP contribution < -0.4 is 10.1 Å². The summed E-state index contributed by atoms with van der Waals surface area (Å²) in [4.78, 5) is 12.3. The number of rotatable bonds is 6. The van der Waals surface area contributed by atoms with Crippen molar-refractivity contribution in [3.05, 3.63) is 53.6 Å². The Bertz CT molecular complexity index is 1040. The van der Waals surface area contributed by atoms with E-state index < -0.39 is 10.0 Å². The zero-order chi connectivity index (χ0) is 20.9. The Morgan fingerprint density at radius 3 is 2.69 bits per heavy atom. The molecule has 152 valence electrons. The molecular formula is C20H21N3O5S. The molecule has 0 atom stereocenters. The number of aryl methyl sites for hydroxylation is 1. The van der Waals surface area contributed by atoms with Crippen molar-refractivity contribution in [2.24, 2.45) is 0 Å². The van der Waals surface area contributed by atoms with Crippen LogP contribution in [0, 0.1) is 18.3 Å². The van der Waals surface area contributed by atoms with E-state index in [0.717, 1.165) is 0 Å². The van der Waals surface area contributed by atoms with Gasteiger partial charge in [0.25, 0.3) is 5.91 Å². The van der Waals surface area contributed by atoms with Gasteiger partial charge in [0.05, 0.1) is 29.7 Å². The number of carbonyl (C=O) groups excluding carboxylic acids is 1. The van der Waals surface area contributed by atoms with Crippen molar-refractivity contribution >= 4 is 21.6 Å². The van der Waals surface area contributed by atoms with Crippen molar-refractivity contribution in [3.8, 4) is 11.8 Å². The molecular weight excluding hydrogens is 394 g/mol. The molecule has 2 aromatic rings. The highest BCUT2D eigenvalue weighted by atomic mass is 32.2. The number of amides is 1. The third-order valence-corrected chi connectivity index (χ3v) is 6.28. The van der Waals surface area contributed by atoms with Crippen molar-refractivity contribution in [2.45, 2.75) is 11.8 Å². The van der Waals surface area contributed by atoms with Crippen LogP contribution in [0.2, 0.25) is 0 Å². The van der Waals surface area contributed by atoms with Crippen molar-refractivity contribution in [3.63, 3.8) is 0 Å². The second-order valence-electron chi connectivity index (χ2n) is 6.47. The molecule has 0 aromatic heterocycles. The fourth-order valence-corrected chi connectivity index (χ4v) is 4.38. The molecule has 1 aliphatic heterocycles. The first-order chi connectivity index (χ1) is 13.9. The van der Waals surface area contributed by atoms with Gasteiger partial charge in [-0.2, -0.15) is 9.57 Å². The maximum absolute atomic E-state index is 12.7. The van der Waals surface area contributed by atoms with Crippen LogP contribution in [0.15, 0.2) is 47.4 Å². The summed E-state index contributed by atoms with van der Waals surface area (Å²) in [6.45, 7) is 2.90. The topological polar surface area (TPSA) is 109 Å². The lowest BCUT2D eigenvalue weighted by molar-refractivity contribution is -0.118. The Hall–Kier alpha value is -2.93. The lowest BCUT2D eigenvalue weighted by Crippen LogP contribution is -2.40. The first-order valence-electron chi connectivity index (χ1n) is 9.01. The van der Waals surface area contributed by atoms with Gasteiger partial charge >= 0.3 is 0 Å². The van der Waals surface area contributed by atoms with Gasteiger partial charge in [0.2, 0.25) is 10.0 Å². The first-order valence-corrected chi connectivity index (χ1v) is 10.5. The highest BCUT2D eigenvalue weighted by Gasteiger charge is 2.26. The fourth-order valence-electron chi connectivity index (χ4n) is 2.89. The van der Waals surface area contributed by atoms with Crippen LogP contribution >= 0.6 is 0 Å². The van der Waals surface area contributed by atoms with E-state index in [4.69, 9.17) is 14.7 Å². The van der Waals surface area contributed by atoms with Crippen molar-refractivity contribution in [1.82, 2.24) is 4.31 Å². The third kappa shape index (κ3) is 5.12. The van der Waals surface area contributed by atoms with Crippen molar-refractivity contribution in [1.29, 1.82) is 5.26 Å². The number of anilines is 1. The van der Waals surface area contributed by atoms with Crippen molar-refractivity contribution in [2.75, 3.05) is 38.2 Å². The number of benzene rings is 2. The number of hydrogen-bond donors (Lipinski definition) is 1. The minimum atomic E-state index is -3.59. The Kier molecular flexibility index (Phi) is 6.49. The Morgan fingerprint density at radius 1 is 1.24 bits per heavy atom. The summed E-state index contributed by atoms with van der Waals surface area (Å²) >= 11 is 0. The summed E-state index contributed by atoms with van der Waals surface area (Å²) in [5.74, 6) is 0.0383. The minimum absolute atomic E-state index is 0.182. The summed E-state index contributed by atoms with van der Waals surface area (Å²) in [7, 11) is -3.59. The van der Waals surface area contributed by atoms with Gasteiger partial charge in [-0.05, 0) is 48.9 Å². The molecule has 0 saturated carbocycles. The zero-order valence-electron chi connectivity index (χ0n) is 15.9. The van der Waals surface area contributed by atoms with Gasteiger partial charge in [-0.25, -0.2) is 8.42 Å². The predicted molar refractivity (Wildman–Crippen MR) is 106 cm³/mol. The molecule has 1 N–H and O–H groups in total. The molecule has 1 heterocycles. The highest BCUT2D eigenvalue weighted by Crippen LogP contribution is 2.24. The van der Waals surface area contributed by atoms with Crippen LogP contribution in [-0.4, -0.2) is 51.5 Å². The number of morpholine rings is 1. The fraction of sp³-hybridized carbons (Fsp3) is 0.300. The van der Waals surface area contributed by atoms with E-state index in [2.05, 4.69) is 5.32 Å². The van der Waals surface area contributed by atoms with E-state index >= 15 is 0 Å². The minimum Gasteiger partial charge on any atom is -0.483 e. The maximum atomic E-state index is 12.7. The summed E-state index contributed by atoms with van der Waals surface area (Å²) in [6.07, 6.45) is 0. The number of nitrogens with zero attached hydrogens (tertiary/aromatic N) is 2. The van der Waals surface area contributed by atoms with Crippen LogP contribution in [0.25, 0.3) is 0 Å². The van der Waals surface area contributed by atoms with Crippen LogP contribution in [0.1, 0.15) is 11.1 Å². The van der Waals surface area contributed by atoms with E-state index in [1.165, 1.54) is 16.4 Å². The second kappa shape index (κ2) is 9.05. The largest absolute Gasteiger partial charge is 0.483 e. The lowest BCUT2D eigenvalue weighted by Gasteiger charge is -2.26. The van der Waals surface area contributed by atoms with E-state index in [9.17, 15) is 13.2 Å². The molecule has 9 heteroatoms. The number of hydrogen-bond acceptors (Lipinski definition) is 6. The quantitative estimate of drug-likeness (QED) is 0.772. The predicted octanol–water partition coefficient (Wildman–Crippen LogP) is 1.91. The van der Waals surface area contributed by atoms with Gasteiger partial charge in [0.1, 0.15) is 5.75 Å². The Labute approximate surface area is 169 Å². The van der Waals surface area contributed by atoms with E-state index in [0.29, 0.717) is 48.9 Å². The van der Waals surface area contributed by atoms with Gasteiger partial charge in [-0.1, -0.05) is 6.07 Å². The Morgan fingerprint density at radius 2 is 2.00 bits per heavy atom. The first kappa shape index (κ1) is 20.8. The van der Waals surface area contributed by atoms with Crippen LogP contribution in [0.3, 0.4) is 0 Å². The monoisotopic (exact) mass is 415 g/mol. The number of sulfonamides is 1. The smallest absolute Gasteiger partial charge is 0.262 e. The van der Waals surface area contributed by atoms with E-state index in [1.807, 2.05) is 6.07 Å². The summed E-state index contributed by atoms with van der Waals surface area (Å²) in [5.41, 5.74) is 1.55. The van der Waals surface area contributed by atoms with Crippen LogP contribution in [0.5, 0.6) is 5.75 Å². The molecule has 0 aliphatic carbocycles. The average Bonchev–Trinajstić information content (AvgIpc) is 2.73. The van der Waals surface area contributed by atoms with E-state index in [-0.39, 0.29) is 17.4 Å². The SMILES string of the molecule is Cc1cc(S(=O)(=O)N2CCOCC2)ccc1OCC(=O)Nc1cccc(C#N)c1. The molecule has 1 aliphatic rings. The second-order valence-corrected chi connectivity index (χ2v) is 8.41. The molecule has 1 amide bonds. The van der Waals surface area contributed by atoms with Gasteiger partial charge < -0.3 is 14.8 Å². The molecule has 1 saturated heterocycles. The van der Waals surface area contributed by atoms with Gasteiger partial charge in [0.15, 0.2) is 6.61 Å². The summed E-state index contributed by atoms with van der Waals surface area (Å²) < 4.78 is 37.6. The van der Waals surface area contributed by atoms with Gasteiger partial charge in [0, 0.05) is 18.8 Å². The summed E-state index contributed by atoms with van der Waals surface area (Å²) in [5, 5.41) is 11.6. The average molecular weight is 415 g/mol. The highest BCUT2D eigenvalue weighted by molar-refractivity contribution is 7.89. The van der Waals surface area contributed by atoms with Crippen molar-refractivity contribution < 1.29 is 22.7 Å². The normalized spacial score (nSPS) is 14.8. The zero-order valence-corrected chi connectivity index (χ0v) is 16.7. The van der Waals surface area contributed by atoms with E-state index in [1.54, 1.807) is 37.3 Å². The molecule has 8 nitrogen and oxygen atoms in total. The summed E-state index contributed by atoms with van der Waals surface area (Å²) in [6, 6.07) is 13.1. The Balaban J connectivity index is 1.63.